The molecule has 0 saturated heterocycles. The Morgan fingerprint density at radius 3 is 2.62 bits per heavy atom. The number of carbonyl (C=O) groups is 1. The molecule has 0 fully saturated rings. The standard InChI is InChI=1S/C11H15BrN2O2/c1-7-5-8(6-13-9(7)16-4)14-10(15)11(2,3)12/h5-6H,1-4H3,(H,14,15). The maximum Gasteiger partial charge on any atom is 0.240 e. The van der Waals surface area contributed by atoms with Crippen LogP contribution in [0.25, 0.3) is 0 Å². The Bertz CT molecular complexity index is 399. The molecule has 1 amide bonds. The summed E-state index contributed by atoms with van der Waals surface area (Å²) < 4.78 is 4.44. The highest BCUT2D eigenvalue weighted by atomic mass is 79.9. The van der Waals surface area contributed by atoms with Gasteiger partial charge in [-0.2, -0.15) is 0 Å². The van der Waals surface area contributed by atoms with E-state index in [9.17, 15) is 4.79 Å². The molecule has 0 bridgehead atoms. The largest absolute Gasteiger partial charge is 0.481 e. The number of rotatable bonds is 3. The Balaban J connectivity index is 2.84. The number of aryl methyl sites for hydroxylation is 1. The summed E-state index contributed by atoms with van der Waals surface area (Å²) in [5.74, 6) is 0.454. The second-order valence-corrected chi connectivity index (χ2v) is 5.96. The number of hydrogen-bond donors (Lipinski definition) is 1. The molecule has 16 heavy (non-hydrogen) atoms. The van der Waals surface area contributed by atoms with E-state index in [-0.39, 0.29) is 5.91 Å². The second-order valence-electron chi connectivity index (χ2n) is 3.98. The summed E-state index contributed by atoms with van der Waals surface area (Å²) in [4.78, 5) is 15.8. The minimum absolute atomic E-state index is 0.112. The van der Waals surface area contributed by atoms with E-state index in [1.165, 1.54) is 0 Å². The quantitative estimate of drug-likeness (QED) is 0.869. The number of carbonyl (C=O) groups excluding carboxylic acids is 1. The molecule has 1 aromatic rings. The Morgan fingerprint density at radius 1 is 1.56 bits per heavy atom. The number of nitrogens with one attached hydrogen (secondary N) is 1. The average Bonchev–Trinajstić information content (AvgIpc) is 2.16. The van der Waals surface area contributed by atoms with Gasteiger partial charge in [0.15, 0.2) is 0 Å². The Labute approximate surface area is 104 Å². The molecule has 0 aromatic carbocycles. The highest BCUT2D eigenvalue weighted by Crippen LogP contribution is 2.21. The van der Waals surface area contributed by atoms with Crippen molar-refractivity contribution >= 4 is 27.5 Å². The molecule has 0 radical (unpaired) electrons. The molecule has 0 spiro atoms. The van der Waals surface area contributed by atoms with Crippen molar-refractivity contribution in [2.75, 3.05) is 12.4 Å². The van der Waals surface area contributed by atoms with Crippen molar-refractivity contribution in [2.24, 2.45) is 0 Å². The number of ether oxygens (including phenoxy) is 1. The van der Waals surface area contributed by atoms with Gasteiger partial charge in [-0.25, -0.2) is 4.98 Å². The lowest BCUT2D eigenvalue weighted by atomic mass is 10.2. The first-order chi connectivity index (χ1) is 7.34. The third-order valence-corrected chi connectivity index (χ3v) is 2.38. The van der Waals surface area contributed by atoms with E-state index < -0.39 is 4.32 Å². The molecule has 1 N–H and O–H groups in total. The molecule has 88 valence electrons. The van der Waals surface area contributed by atoms with Crippen molar-refractivity contribution in [3.8, 4) is 5.88 Å². The number of amides is 1. The molecule has 0 atom stereocenters. The Hall–Kier alpha value is -1.10. The van der Waals surface area contributed by atoms with Crippen LogP contribution in [-0.4, -0.2) is 22.3 Å². The number of pyridine rings is 1. The van der Waals surface area contributed by atoms with Crippen molar-refractivity contribution in [3.05, 3.63) is 17.8 Å². The average molecular weight is 287 g/mol. The van der Waals surface area contributed by atoms with Gasteiger partial charge in [0.25, 0.3) is 0 Å². The molecular weight excluding hydrogens is 272 g/mol. The number of alkyl halides is 1. The number of halogens is 1. The van der Waals surface area contributed by atoms with Crippen molar-refractivity contribution < 1.29 is 9.53 Å². The molecule has 0 aliphatic rings. The lowest BCUT2D eigenvalue weighted by Crippen LogP contribution is -2.31. The maximum atomic E-state index is 11.7. The zero-order valence-corrected chi connectivity index (χ0v) is 11.4. The maximum absolute atomic E-state index is 11.7. The van der Waals surface area contributed by atoms with Gasteiger partial charge in [-0.15, -0.1) is 0 Å². The first-order valence-electron chi connectivity index (χ1n) is 4.85. The SMILES string of the molecule is COc1ncc(NC(=O)C(C)(C)Br)cc1C. The van der Waals surface area contributed by atoms with Gasteiger partial charge in [0.2, 0.25) is 11.8 Å². The van der Waals surface area contributed by atoms with Crippen LogP contribution in [0, 0.1) is 6.92 Å². The smallest absolute Gasteiger partial charge is 0.240 e. The van der Waals surface area contributed by atoms with E-state index in [0.29, 0.717) is 11.6 Å². The molecule has 0 saturated carbocycles. The van der Waals surface area contributed by atoms with Crippen LogP contribution in [0.1, 0.15) is 19.4 Å². The second kappa shape index (κ2) is 4.82. The number of methoxy groups -OCH3 is 1. The van der Waals surface area contributed by atoms with Crippen molar-refractivity contribution in [1.29, 1.82) is 0 Å². The van der Waals surface area contributed by atoms with E-state index in [4.69, 9.17) is 4.74 Å². The molecule has 0 aliphatic carbocycles. The molecule has 4 nitrogen and oxygen atoms in total. The van der Waals surface area contributed by atoms with Gasteiger partial charge in [-0.3, -0.25) is 4.79 Å². The highest BCUT2D eigenvalue weighted by molar-refractivity contribution is 9.10. The Morgan fingerprint density at radius 2 is 2.19 bits per heavy atom. The predicted octanol–water partition coefficient (Wildman–Crippen LogP) is 2.51. The molecule has 1 rings (SSSR count). The van der Waals surface area contributed by atoms with E-state index in [2.05, 4.69) is 26.2 Å². The normalized spacial score (nSPS) is 11.1. The molecule has 1 aromatic heterocycles. The van der Waals surface area contributed by atoms with Gasteiger partial charge in [-0.05, 0) is 26.8 Å². The first kappa shape index (κ1) is 13.0. The lowest BCUT2D eigenvalue weighted by Gasteiger charge is -2.16. The molecule has 5 heteroatoms. The molecule has 0 aliphatic heterocycles. The fraction of sp³-hybridized carbons (Fsp3) is 0.455. The number of nitrogens with zero attached hydrogens (tertiary/aromatic N) is 1. The number of hydrogen-bond acceptors (Lipinski definition) is 3. The van der Waals surface area contributed by atoms with Crippen LogP contribution in [0.2, 0.25) is 0 Å². The van der Waals surface area contributed by atoms with Gasteiger partial charge in [-0.1, -0.05) is 15.9 Å². The van der Waals surface area contributed by atoms with Crippen LogP contribution >= 0.6 is 15.9 Å². The third kappa shape index (κ3) is 3.20. The predicted molar refractivity (Wildman–Crippen MR) is 67.2 cm³/mol. The van der Waals surface area contributed by atoms with E-state index >= 15 is 0 Å². The van der Waals surface area contributed by atoms with Crippen LogP contribution in [0.15, 0.2) is 12.3 Å². The van der Waals surface area contributed by atoms with Gasteiger partial charge in [0.1, 0.15) is 0 Å². The van der Waals surface area contributed by atoms with E-state index in [1.54, 1.807) is 27.2 Å². The summed E-state index contributed by atoms with van der Waals surface area (Å²) in [6.45, 7) is 5.44. The van der Waals surface area contributed by atoms with Crippen LogP contribution in [0.3, 0.4) is 0 Å². The van der Waals surface area contributed by atoms with Crippen molar-refractivity contribution in [1.82, 2.24) is 4.98 Å². The van der Waals surface area contributed by atoms with Gasteiger partial charge < -0.3 is 10.1 Å². The minimum atomic E-state index is -0.596. The van der Waals surface area contributed by atoms with Crippen LogP contribution in [0.5, 0.6) is 5.88 Å². The molecule has 0 unspecified atom stereocenters. The zero-order chi connectivity index (χ0) is 12.3. The summed E-state index contributed by atoms with van der Waals surface area (Å²) in [5.41, 5.74) is 1.54. The van der Waals surface area contributed by atoms with Gasteiger partial charge in [0.05, 0.1) is 23.3 Å². The monoisotopic (exact) mass is 286 g/mol. The summed E-state index contributed by atoms with van der Waals surface area (Å²) in [7, 11) is 1.56. The minimum Gasteiger partial charge on any atom is -0.481 e. The van der Waals surface area contributed by atoms with Crippen LogP contribution in [0.4, 0.5) is 5.69 Å². The fourth-order valence-electron chi connectivity index (χ4n) is 1.12. The number of aromatic nitrogens is 1. The zero-order valence-electron chi connectivity index (χ0n) is 9.80. The third-order valence-electron chi connectivity index (χ3n) is 2.02. The summed E-state index contributed by atoms with van der Waals surface area (Å²) in [6.07, 6.45) is 1.57. The Kier molecular flexibility index (Phi) is 3.91. The van der Waals surface area contributed by atoms with Crippen molar-refractivity contribution in [2.45, 2.75) is 25.1 Å². The van der Waals surface area contributed by atoms with Crippen LogP contribution in [-0.2, 0) is 4.79 Å². The van der Waals surface area contributed by atoms with E-state index in [1.807, 2.05) is 13.0 Å². The molecule has 1 heterocycles. The topological polar surface area (TPSA) is 51.2 Å². The highest BCUT2D eigenvalue weighted by Gasteiger charge is 2.23. The lowest BCUT2D eigenvalue weighted by molar-refractivity contribution is -0.117. The summed E-state index contributed by atoms with van der Waals surface area (Å²) in [5, 5.41) is 2.77. The van der Waals surface area contributed by atoms with Gasteiger partial charge >= 0.3 is 0 Å². The van der Waals surface area contributed by atoms with Crippen molar-refractivity contribution in [3.63, 3.8) is 0 Å². The summed E-state index contributed by atoms with van der Waals surface area (Å²) >= 11 is 3.29. The number of anilines is 1. The summed E-state index contributed by atoms with van der Waals surface area (Å²) in [6, 6.07) is 1.82. The van der Waals surface area contributed by atoms with Crippen LogP contribution < -0.4 is 10.1 Å². The first-order valence-corrected chi connectivity index (χ1v) is 5.65. The van der Waals surface area contributed by atoms with E-state index in [0.717, 1.165) is 5.56 Å². The fourth-order valence-corrected chi connectivity index (χ4v) is 1.22. The molecular formula is C11H15BrN2O2. The van der Waals surface area contributed by atoms with Gasteiger partial charge in [0, 0.05) is 5.56 Å².